The summed E-state index contributed by atoms with van der Waals surface area (Å²) in [6, 6.07) is 0. The Morgan fingerprint density at radius 3 is 1.86 bits per heavy atom. The molecule has 0 aliphatic rings. The molecule has 0 aromatic carbocycles. The summed E-state index contributed by atoms with van der Waals surface area (Å²) in [6.45, 7) is 3.26. The normalized spacial score (nSPS) is 11.4. The first-order valence-corrected chi connectivity index (χ1v) is 3.00. The van der Waals surface area contributed by atoms with E-state index in [1.165, 1.54) is 0 Å². The molecule has 0 saturated heterocycles. The molecular formula is C4H6BrClO. The van der Waals surface area contributed by atoms with Crippen LogP contribution in [0.2, 0.25) is 0 Å². The fraction of sp³-hybridized carbons (Fsp3) is 0.750. The van der Waals surface area contributed by atoms with Crippen molar-refractivity contribution in [1.29, 1.82) is 0 Å². The van der Waals surface area contributed by atoms with Gasteiger partial charge in [0, 0.05) is 0 Å². The number of alkyl halides is 1. The van der Waals surface area contributed by atoms with E-state index in [1.54, 1.807) is 13.8 Å². The van der Waals surface area contributed by atoms with Crippen LogP contribution in [0.3, 0.4) is 0 Å². The van der Waals surface area contributed by atoms with Crippen LogP contribution in [0.15, 0.2) is 0 Å². The van der Waals surface area contributed by atoms with Gasteiger partial charge in [0.05, 0.1) is 0 Å². The highest BCUT2D eigenvalue weighted by Crippen LogP contribution is 2.16. The number of hydrogen-bond donors (Lipinski definition) is 0. The molecule has 0 aliphatic carbocycles. The Kier molecular flexibility index (Phi) is 2.27. The summed E-state index contributed by atoms with van der Waals surface area (Å²) < 4.78 is -0.179. The number of hydrogen-bond acceptors (Lipinski definition) is 1. The molecule has 3 heteroatoms. The van der Waals surface area contributed by atoms with E-state index < -0.39 is 4.87 Å². The molecule has 0 aromatic heterocycles. The Labute approximate surface area is 56.2 Å². The molecule has 0 atom stereocenters. The number of halogens is 2. The first kappa shape index (κ1) is 7.44. The molecule has 7 heavy (non-hydrogen) atoms. The first-order valence-electron chi connectivity index (χ1n) is 1.83. The summed E-state index contributed by atoms with van der Waals surface area (Å²) in [4.78, 5) is 9.50. The molecular weight excluding hydrogens is 179 g/mol. The Morgan fingerprint density at radius 1 is 1.71 bits per heavy atom. The fourth-order valence-electron chi connectivity index (χ4n) is 0. The van der Waals surface area contributed by atoms with Crippen LogP contribution in [0.4, 0.5) is 0 Å². The second-order valence-corrected chi connectivity index (χ2v) is 3.41. The SMILES string of the molecule is CC(C)(Cl)C(=O)Br. The molecule has 0 rings (SSSR count). The minimum absolute atomic E-state index is 0.179. The van der Waals surface area contributed by atoms with Crippen LogP contribution in [-0.2, 0) is 4.79 Å². The third-order valence-corrected chi connectivity index (χ3v) is 1.86. The van der Waals surface area contributed by atoms with Crippen LogP contribution in [0.1, 0.15) is 13.8 Å². The monoisotopic (exact) mass is 184 g/mol. The van der Waals surface area contributed by atoms with Gasteiger partial charge in [-0.25, -0.2) is 0 Å². The van der Waals surface area contributed by atoms with E-state index in [-0.39, 0.29) is 4.69 Å². The van der Waals surface area contributed by atoms with Gasteiger partial charge in [0.25, 0.3) is 0 Å². The Morgan fingerprint density at radius 2 is 1.86 bits per heavy atom. The lowest BCUT2D eigenvalue weighted by atomic mass is 10.2. The fourth-order valence-corrected chi connectivity index (χ4v) is 0. The van der Waals surface area contributed by atoms with Gasteiger partial charge in [-0.15, -0.1) is 11.6 Å². The van der Waals surface area contributed by atoms with Crippen molar-refractivity contribution >= 4 is 32.2 Å². The molecule has 1 nitrogen and oxygen atoms in total. The van der Waals surface area contributed by atoms with E-state index in [1.807, 2.05) is 0 Å². The molecule has 0 fully saturated rings. The standard InChI is InChI=1S/C4H6BrClO/c1-4(2,6)3(5)7/h1-2H3. The van der Waals surface area contributed by atoms with Gasteiger partial charge in [-0.2, -0.15) is 0 Å². The van der Waals surface area contributed by atoms with E-state index in [0.717, 1.165) is 0 Å². The highest BCUT2D eigenvalue weighted by molar-refractivity contribution is 9.18. The molecule has 0 heterocycles. The molecule has 0 aromatic rings. The van der Waals surface area contributed by atoms with Gasteiger partial charge in [0.1, 0.15) is 4.87 Å². The highest BCUT2D eigenvalue weighted by atomic mass is 79.9. The van der Waals surface area contributed by atoms with Gasteiger partial charge >= 0.3 is 0 Å². The first-order chi connectivity index (χ1) is 2.94. The second-order valence-electron chi connectivity index (χ2n) is 1.75. The van der Waals surface area contributed by atoms with E-state index in [9.17, 15) is 4.79 Å². The minimum Gasteiger partial charge on any atom is -0.285 e. The average molecular weight is 185 g/mol. The van der Waals surface area contributed by atoms with Crippen molar-refractivity contribution in [3.8, 4) is 0 Å². The second kappa shape index (κ2) is 2.14. The quantitative estimate of drug-likeness (QED) is 0.451. The molecule has 0 bridgehead atoms. The molecule has 0 amide bonds. The number of rotatable bonds is 1. The predicted molar refractivity (Wildman–Crippen MR) is 33.9 cm³/mol. The highest BCUT2D eigenvalue weighted by Gasteiger charge is 2.20. The zero-order valence-corrected chi connectivity index (χ0v) is 6.51. The topological polar surface area (TPSA) is 17.1 Å². The molecule has 0 radical (unpaired) electrons. The molecule has 0 unspecified atom stereocenters. The van der Waals surface area contributed by atoms with Crippen LogP contribution in [0.5, 0.6) is 0 Å². The zero-order valence-electron chi connectivity index (χ0n) is 4.16. The van der Waals surface area contributed by atoms with E-state index >= 15 is 0 Å². The van der Waals surface area contributed by atoms with Crippen LogP contribution in [-0.4, -0.2) is 9.57 Å². The van der Waals surface area contributed by atoms with E-state index in [0.29, 0.717) is 0 Å². The Hall–Kier alpha value is 0.440. The van der Waals surface area contributed by atoms with Crippen molar-refractivity contribution in [1.82, 2.24) is 0 Å². The zero-order chi connectivity index (χ0) is 6.08. The van der Waals surface area contributed by atoms with Crippen LogP contribution < -0.4 is 0 Å². The summed E-state index contributed by atoms with van der Waals surface area (Å²) in [5, 5.41) is 0. The third kappa shape index (κ3) is 3.06. The van der Waals surface area contributed by atoms with Crippen molar-refractivity contribution in [3.63, 3.8) is 0 Å². The van der Waals surface area contributed by atoms with Crippen molar-refractivity contribution in [3.05, 3.63) is 0 Å². The third-order valence-electron chi connectivity index (χ3n) is 0.467. The lowest BCUT2D eigenvalue weighted by Gasteiger charge is -2.06. The molecule has 0 aliphatic heterocycles. The summed E-state index contributed by atoms with van der Waals surface area (Å²) >= 11 is 8.20. The van der Waals surface area contributed by atoms with Gasteiger partial charge in [-0.1, -0.05) is 0 Å². The van der Waals surface area contributed by atoms with Gasteiger partial charge in [0.15, 0.2) is 0 Å². The van der Waals surface area contributed by atoms with E-state index in [2.05, 4.69) is 15.9 Å². The smallest absolute Gasteiger partial charge is 0.218 e. The molecule has 42 valence electrons. The molecule has 0 N–H and O–H groups in total. The predicted octanol–water partition coefficient (Wildman–Crippen LogP) is 1.93. The number of carbonyl (C=O) groups is 1. The van der Waals surface area contributed by atoms with Gasteiger partial charge in [-0.3, -0.25) is 4.79 Å². The van der Waals surface area contributed by atoms with Crippen LogP contribution >= 0.6 is 27.5 Å². The van der Waals surface area contributed by atoms with Gasteiger partial charge < -0.3 is 0 Å². The summed E-state index contributed by atoms with van der Waals surface area (Å²) in [5.41, 5.74) is 0. The minimum atomic E-state index is -0.750. The van der Waals surface area contributed by atoms with E-state index in [4.69, 9.17) is 11.6 Å². The lowest BCUT2D eigenvalue weighted by molar-refractivity contribution is -0.111. The van der Waals surface area contributed by atoms with Crippen LogP contribution in [0.25, 0.3) is 0 Å². The van der Waals surface area contributed by atoms with Crippen molar-refractivity contribution < 1.29 is 4.79 Å². The van der Waals surface area contributed by atoms with Crippen molar-refractivity contribution in [2.45, 2.75) is 18.7 Å². The molecule has 0 spiro atoms. The van der Waals surface area contributed by atoms with Gasteiger partial charge in [-0.05, 0) is 29.8 Å². The summed E-state index contributed by atoms with van der Waals surface area (Å²) in [6.07, 6.45) is 0. The maximum absolute atomic E-state index is 10.2. The summed E-state index contributed by atoms with van der Waals surface area (Å²) in [7, 11) is 0. The van der Waals surface area contributed by atoms with Gasteiger partial charge in [0.2, 0.25) is 4.69 Å². The lowest BCUT2D eigenvalue weighted by Crippen LogP contribution is -2.17. The number of carbonyl (C=O) groups excluding carboxylic acids is 1. The van der Waals surface area contributed by atoms with Crippen LogP contribution in [0, 0.1) is 0 Å². The summed E-state index contributed by atoms with van der Waals surface area (Å²) in [5.74, 6) is 0. The van der Waals surface area contributed by atoms with Crippen molar-refractivity contribution in [2.24, 2.45) is 0 Å². The van der Waals surface area contributed by atoms with Crippen molar-refractivity contribution in [2.75, 3.05) is 0 Å². The largest absolute Gasteiger partial charge is 0.285 e. The Bertz CT molecular complexity index is 84.2. The maximum Gasteiger partial charge on any atom is 0.218 e. The maximum atomic E-state index is 10.2. The molecule has 0 saturated carbocycles. The Balaban J connectivity index is 3.79. The average Bonchev–Trinajstić information content (AvgIpc) is 1.31.